The van der Waals surface area contributed by atoms with Crippen LogP contribution in [0.2, 0.25) is 0 Å². The summed E-state index contributed by atoms with van der Waals surface area (Å²) >= 11 is 0. The van der Waals surface area contributed by atoms with Crippen molar-refractivity contribution in [2.75, 3.05) is 18.8 Å². The van der Waals surface area contributed by atoms with Gasteiger partial charge in [-0.2, -0.15) is 4.31 Å². The summed E-state index contributed by atoms with van der Waals surface area (Å²) in [7, 11) is -3.12. The number of hydrogen-bond donors (Lipinski definition) is 2. The fourth-order valence-electron chi connectivity index (χ4n) is 4.11. The van der Waals surface area contributed by atoms with Gasteiger partial charge >= 0.3 is 0 Å². The Morgan fingerprint density at radius 3 is 2.42 bits per heavy atom. The summed E-state index contributed by atoms with van der Waals surface area (Å²) in [4.78, 5) is 12.5. The summed E-state index contributed by atoms with van der Waals surface area (Å²) in [5.41, 5.74) is 6.13. The first-order valence-electron chi connectivity index (χ1n) is 9.49. The molecule has 2 atom stereocenters. The molecule has 7 heteroatoms. The maximum Gasteiger partial charge on any atom is 0.237 e. The number of amides is 1. The maximum atomic E-state index is 12.5. The number of nitrogens with one attached hydrogen (secondary N) is 1. The minimum Gasteiger partial charge on any atom is -0.350 e. The van der Waals surface area contributed by atoms with E-state index in [4.69, 9.17) is 5.73 Å². The minimum atomic E-state index is -3.12. The van der Waals surface area contributed by atoms with E-state index >= 15 is 0 Å². The highest BCUT2D eigenvalue weighted by Crippen LogP contribution is 2.34. The van der Waals surface area contributed by atoms with Crippen molar-refractivity contribution in [2.45, 2.75) is 69.9 Å². The summed E-state index contributed by atoms with van der Waals surface area (Å²) in [5.74, 6) is 1.11. The summed E-state index contributed by atoms with van der Waals surface area (Å²) in [5, 5.41) is 3.06. The molecule has 2 saturated carbocycles. The van der Waals surface area contributed by atoms with Gasteiger partial charge in [0.05, 0.1) is 11.8 Å². The van der Waals surface area contributed by atoms with Crippen LogP contribution < -0.4 is 11.1 Å². The largest absolute Gasteiger partial charge is 0.350 e. The van der Waals surface area contributed by atoms with Gasteiger partial charge in [-0.15, -0.1) is 0 Å². The van der Waals surface area contributed by atoms with Crippen LogP contribution in [0.1, 0.15) is 57.8 Å². The molecule has 1 heterocycles. The van der Waals surface area contributed by atoms with Crippen LogP contribution in [-0.2, 0) is 14.8 Å². The second-order valence-corrected chi connectivity index (χ2v) is 9.91. The number of carbonyl (C=O) groups is 1. The van der Waals surface area contributed by atoms with E-state index in [-0.39, 0.29) is 17.7 Å². The van der Waals surface area contributed by atoms with E-state index < -0.39 is 16.1 Å². The fourth-order valence-corrected chi connectivity index (χ4v) is 5.65. The van der Waals surface area contributed by atoms with E-state index in [1.54, 1.807) is 4.31 Å². The van der Waals surface area contributed by atoms with E-state index in [1.807, 2.05) is 0 Å². The van der Waals surface area contributed by atoms with Crippen molar-refractivity contribution in [1.82, 2.24) is 9.62 Å². The van der Waals surface area contributed by atoms with E-state index in [1.165, 1.54) is 32.1 Å². The Morgan fingerprint density at radius 1 is 1.12 bits per heavy atom. The molecule has 0 spiro atoms. The van der Waals surface area contributed by atoms with Gasteiger partial charge < -0.3 is 11.1 Å². The normalized spacial score (nSPS) is 27.7. The van der Waals surface area contributed by atoms with Crippen molar-refractivity contribution in [3.8, 4) is 0 Å². The van der Waals surface area contributed by atoms with Gasteiger partial charge in [0.15, 0.2) is 0 Å². The fraction of sp³-hybridized carbons (Fsp3) is 0.941. The number of nitrogens with zero attached hydrogens (tertiary/aromatic N) is 1. The lowest BCUT2D eigenvalue weighted by molar-refractivity contribution is -0.123. The highest BCUT2D eigenvalue weighted by atomic mass is 32.2. The summed E-state index contributed by atoms with van der Waals surface area (Å²) < 4.78 is 25.6. The third-order valence-electron chi connectivity index (χ3n) is 5.77. The highest BCUT2D eigenvalue weighted by molar-refractivity contribution is 7.89. The lowest BCUT2D eigenvalue weighted by Crippen LogP contribution is -2.51. The van der Waals surface area contributed by atoms with Gasteiger partial charge in [-0.1, -0.05) is 32.1 Å². The third kappa shape index (κ3) is 4.70. The molecule has 1 aliphatic heterocycles. The van der Waals surface area contributed by atoms with Crippen LogP contribution in [-0.4, -0.2) is 49.6 Å². The molecule has 138 valence electrons. The van der Waals surface area contributed by atoms with Crippen LogP contribution in [0, 0.1) is 11.8 Å². The van der Waals surface area contributed by atoms with Crippen LogP contribution >= 0.6 is 0 Å². The molecule has 1 saturated heterocycles. The molecule has 0 aromatic carbocycles. The lowest BCUT2D eigenvalue weighted by atomic mass is 9.85. The van der Waals surface area contributed by atoms with Gasteiger partial charge in [0.2, 0.25) is 15.9 Å². The molecule has 3 aliphatic rings. The van der Waals surface area contributed by atoms with Crippen molar-refractivity contribution in [1.29, 1.82) is 0 Å². The summed E-state index contributed by atoms with van der Waals surface area (Å²) in [6.07, 6.45) is 9.73. The van der Waals surface area contributed by atoms with Gasteiger partial charge in [0, 0.05) is 19.1 Å². The molecule has 0 aromatic heterocycles. The molecule has 0 radical (unpaired) electrons. The zero-order valence-corrected chi connectivity index (χ0v) is 15.3. The van der Waals surface area contributed by atoms with Crippen LogP contribution in [0.5, 0.6) is 0 Å². The molecule has 1 amide bonds. The highest BCUT2D eigenvalue weighted by Gasteiger charge is 2.38. The summed E-state index contributed by atoms with van der Waals surface area (Å²) in [6, 6.07) is -0.549. The van der Waals surface area contributed by atoms with E-state index in [2.05, 4.69) is 5.32 Å². The SMILES string of the molecule is N[C@H](CC1CCCCC1)C(=O)NC(CN1CCCS1(=O)=O)C1CC1. The molecule has 6 nitrogen and oxygen atoms in total. The van der Waals surface area contributed by atoms with Crippen LogP contribution in [0.3, 0.4) is 0 Å². The first-order valence-corrected chi connectivity index (χ1v) is 11.1. The smallest absolute Gasteiger partial charge is 0.237 e. The Bertz CT molecular complexity index is 541. The van der Waals surface area contributed by atoms with Crippen molar-refractivity contribution in [3.05, 3.63) is 0 Å². The van der Waals surface area contributed by atoms with E-state index in [0.29, 0.717) is 31.3 Å². The summed E-state index contributed by atoms with van der Waals surface area (Å²) in [6.45, 7) is 0.991. The van der Waals surface area contributed by atoms with Gasteiger partial charge in [-0.05, 0) is 37.5 Å². The average Bonchev–Trinajstić information content (AvgIpc) is 3.33. The molecule has 1 unspecified atom stereocenters. The van der Waals surface area contributed by atoms with E-state index in [0.717, 1.165) is 19.3 Å². The molecule has 24 heavy (non-hydrogen) atoms. The molecular formula is C17H31N3O3S. The standard InChI is InChI=1S/C17H31N3O3S/c18-15(11-13-5-2-1-3-6-13)17(21)19-16(14-7-8-14)12-20-9-4-10-24(20,22)23/h13-16H,1-12,18H2,(H,19,21)/t15-,16?/m1/s1. The topological polar surface area (TPSA) is 92.5 Å². The Kier molecular flexibility index (Phi) is 5.82. The predicted molar refractivity (Wildman–Crippen MR) is 93.8 cm³/mol. The molecule has 0 bridgehead atoms. The minimum absolute atomic E-state index is 0.0808. The number of rotatable bonds is 7. The Hall–Kier alpha value is -0.660. The van der Waals surface area contributed by atoms with E-state index in [9.17, 15) is 13.2 Å². The van der Waals surface area contributed by atoms with Crippen LogP contribution in [0.4, 0.5) is 0 Å². The van der Waals surface area contributed by atoms with Crippen molar-refractivity contribution >= 4 is 15.9 Å². The molecule has 0 aromatic rings. The van der Waals surface area contributed by atoms with Gasteiger partial charge in [-0.3, -0.25) is 4.79 Å². The van der Waals surface area contributed by atoms with Crippen LogP contribution in [0.25, 0.3) is 0 Å². The lowest BCUT2D eigenvalue weighted by Gasteiger charge is -2.27. The zero-order chi connectivity index (χ0) is 17.2. The van der Waals surface area contributed by atoms with Gasteiger partial charge in [-0.25, -0.2) is 8.42 Å². The second-order valence-electron chi connectivity index (χ2n) is 7.83. The number of nitrogens with two attached hydrogens (primary N) is 1. The van der Waals surface area contributed by atoms with Crippen LogP contribution in [0.15, 0.2) is 0 Å². The maximum absolute atomic E-state index is 12.5. The third-order valence-corrected chi connectivity index (χ3v) is 7.69. The van der Waals surface area contributed by atoms with Crippen molar-refractivity contribution in [2.24, 2.45) is 17.6 Å². The zero-order valence-electron chi connectivity index (χ0n) is 14.5. The molecule has 3 rings (SSSR count). The Balaban J connectivity index is 1.52. The quantitative estimate of drug-likeness (QED) is 0.716. The first kappa shape index (κ1) is 18.1. The Morgan fingerprint density at radius 2 is 1.83 bits per heavy atom. The van der Waals surface area contributed by atoms with Crippen molar-refractivity contribution in [3.63, 3.8) is 0 Å². The van der Waals surface area contributed by atoms with Gasteiger partial charge in [0.25, 0.3) is 0 Å². The molecule has 2 aliphatic carbocycles. The number of hydrogen-bond acceptors (Lipinski definition) is 4. The second kappa shape index (κ2) is 7.70. The monoisotopic (exact) mass is 357 g/mol. The molecule has 3 fully saturated rings. The number of sulfonamides is 1. The molecular weight excluding hydrogens is 326 g/mol. The predicted octanol–water partition coefficient (Wildman–Crippen LogP) is 1.21. The first-order chi connectivity index (χ1) is 11.5. The average molecular weight is 358 g/mol. The van der Waals surface area contributed by atoms with Gasteiger partial charge in [0.1, 0.15) is 0 Å². The number of carbonyl (C=O) groups excluding carboxylic acids is 1. The van der Waals surface area contributed by atoms with Crippen molar-refractivity contribution < 1.29 is 13.2 Å². The molecule has 3 N–H and O–H groups in total. The Labute approximate surface area is 145 Å².